The summed E-state index contributed by atoms with van der Waals surface area (Å²) in [6, 6.07) is 6.62. The highest BCUT2D eigenvalue weighted by Crippen LogP contribution is 2.42. The van der Waals surface area contributed by atoms with E-state index in [2.05, 4.69) is 15.3 Å². The maximum Gasteiger partial charge on any atom is 0.416 e. The number of aromatic nitrogens is 2. The molecule has 0 bridgehead atoms. The second-order valence-electron chi connectivity index (χ2n) is 7.68. The van der Waals surface area contributed by atoms with Gasteiger partial charge in [-0.05, 0) is 49.6 Å². The number of alkyl halides is 3. The largest absolute Gasteiger partial charge is 0.493 e. The van der Waals surface area contributed by atoms with Crippen LogP contribution in [0, 0.1) is 0 Å². The van der Waals surface area contributed by atoms with Gasteiger partial charge < -0.3 is 20.5 Å². The van der Waals surface area contributed by atoms with Crippen LogP contribution in [0.3, 0.4) is 0 Å². The fourth-order valence-electron chi connectivity index (χ4n) is 3.49. The number of nitrogen functional groups attached to an aromatic ring is 1. The summed E-state index contributed by atoms with van der Waals surface area (Å²) < 4.78 is 50.5. The predicted molar refractivity (Wildman–Crippen MR) is 113 cm³/mol. The van der Waals surface area contributed by atoms with E-state index in [-0.39, 0.29) is 11.6 Å². The minimum absolute atomic E-state index is 0.0519. The monoisotopic (exact) mass is 432 g/mol. The normalized spacial score (nSPS) is 15.0. The number of benzene rings is 2. The lowest BCUT2D eigenvalue weighted by molar-refractivity contribution is -0.137. The van der Waals surface area contributed by atoms with Gasteiger partial charge >= 0.3 is 6.18 Å². The van der Waals surface area contributed by atoms with Gasteiger partial charge in [-0.25, -0.2) is 9.97 Å². The van der Waals surface area contributed by atoms with E-state index >= 15 is 0 Å². The minimum Gasteiger partial charge on any atom is -0.493 e. The van der Waals surface area contributed by atoms with Crippen molar-refractivity contribution >= 4 is 22.4 Å². The maximum atomic E-state index is 13.2. The summed E-state index contributed by atoms with van der Waals surface area (Å²) in [5.41, 5.74) is 6.09. The Kier molecular flexibility index (Phi) is 5.28. The van der Waals surface area contributed by atoms with Gasteiger partial charge in [0, 0.05) is 23.1 Å². The van der Waals surface area contributed by atoms with Gasteiger partial charge in [0.05, 0.1) is 31.3 Å². The summed E-state index contributed by atoms with van der Waals surface area (Å²) in [7, 11) is 3.08. The van der Waals surface area contributed by atoms with Gasteiger partial charge in [-0.3, -0.25) is 0 Å². The molecule has 0 saturated heterocycles. The Morgan fingerprint density at radius 1 is 1.03 bits per heavy atom. The van der Waals surface area contributed by atoms with E-state index in [1.165, 1.54) is 13.2 Å². The summed E-state index contributed by atoms with van der Waals surface area (Å²) in [6.45, 7) is 1.76. The fraction of sp³-hybridized carbons (Fsp3) is 0.364. The van der Waals surface area contributed by atoms with E-state index in [1.54, 1.807) is 26.2 Å². The number of anilines is 2. The van der Waals surface area contributed by atoms with Crippen molar-refractivity contribution in [3.63, 3.8) is 0 Å². The van der Waals surface area contributed by atoms with Crippen LogP contribution in [-0.4, -0.2) is 24.2 Å². The highest BCUT2D eigenvalue weighted by molar-refractivity contribution is 5.92. The highest BCUT2D eigenvalue weighted by Gasteiger charge is 2.32. The Labute approximate surface area is 177 Å². The van der Waals surface area contributed by atoms with Gasteiger partial charge in [0.15, 0.2) is 11.5 Å². The van der Waals surface area contributed by atoms with Gasteiger partial charge in [-0.15, -0.1) is 0 Å². The van der Waals surface area contributed by atoms with Crippen molar-refractivity contribution in [3.8, 4) is 11.5 Å². The van der Waals surface area contributed by atoms with E-state index < -0.39 is 17.8 Å². The third-order valence-electron chi connectivity index (χ3n) is 5.32. The van der Waals surface area contributed by atoms with Gasteiger partial charge in [0.1, 0.15) is 11.6 Å². The first kappa shape index (κ1) is 21.0. The molecule has 0 amide bonds. The summed E-state index contributed by atoms with van der Waals surface area (Å²) >= 11 is 0. The Morgan fingerprint density at radius 3 is 2.32 bits per heavy atom. The number of nitrogens with one attached hydrogen (secondary N) is 1. The number of halogens is 3. The van der Waals surface area contributed by atoms with Crippen LogP contribution in [0.25, 0.3) is 10.9 Å². The number of nitrogens with zero attached hydrogens (tertiary/aromatic N) is 2. The number of rotatable bonds is 6. The van der Waals surface area contributed by atoms with E-state index in [4.69, 9.17) is 15.2 Å². The first-order valence-electron chi connectivity index (χ1n) is 9.87. The summed E-state index contributed by atoms with van der Waals surface area (Å²) in [5.74, 6) is 2.57. The molecule has 3 N–H and O–H groups in total. The van der Waals surface area contributed by atoms with Crippen LogP contribution >= 0.6 is 0 Å². The molecule has 0 aliphatic heterocycles. The molecule has 31 heavy (non-hydrogen) atoms. The van der Waals surface area contributed by atoms with E-state index in [1.807, 2.05) is 0 Å². The number of ether oxygens (including phenoxy) is 2. The average Bonchev–Trinajstić information content (AvgIpc) is 3.57. The van der Waals surface area contributed by atoms with Crippen molar-refractivity contribution in [2.24, 2.45) is 0 Å². The number of nitrogens with two attached hydrogens (primary N) is 1. The second kappa shape index (κ2) is 7.79. The van der Waals surface area contributed by atoms with Crippen molar-refractivity contribution in [1.29, 1.82) is 0 Å². The number of fused-ring (bicyclic) bond motifs is 1. The van der Waals surface area contributed by atoms with Crippen LogP contribution < -0.4 is 20.5 Å². The Balaban J connectivity index is 1.77. The molecule has 164 valence electrons. The zero-order valence-electron chi connectivity index (χ0n) is 17.4. The van der Waals surface area contributed by atoms with Crippen molar-refractivity contribution in [1.82, 2.24) is 9.97 Å². The summed E-state index contributed by atoms with van der Waals surface area (Å²) in [6.07, 6.45) is -2.45. The standard InChI is InChI=1S/C22H23F3N4O2/c1-11(13-6-14(22(23,24)25)8-15(26)7-13)27-21-16-9-18(30-2)19(31-3)10-17(16)28-20(29-21)12-4-5-12/h6-12H,4-5,26H2,1-3H3,(H,27,28,29)/t11-/m1/s1. The Hall–Kier alpha value is -3.23. The quantitative estimate of drug-likeness (QED) is 0.515. The first-order chi connectivity index (χ1) is 14.7. The van der Waals surface area contributed by atoms with Gasteiger partial charge in [-0.2, -0.15) is 13.2 Å². The fourth-order valence-corrected chi connectivity index (χ4v) is 3.49. The predicted octanol–water partition coefficient (Wildman–Crippen LogP) is 5.30. The molecular weight excluding hydrogens is 409 g/mol. The molecule has 1 aliphatic carbocycles. The van der Waals surface area contributed by atoms with Crippen LogP contribution in [0.15, 0.2) is 30.3 Å². The molecule has 0 spiro atoms. The van der Waals surface area contributed by atoms with E-state index in [0.717, 1.165) is 25.0 Å². The second-order valence-corrected chi connectivity index (χ2v) is 7.68. The molecule has 1 saturated carbocycles. The molecule has 2 aromatic carbocycles. The van der Waals surface area contributed by atoms with E-state index in [0.29, 0.717) is 39.6 Å². The minimum atomic E-state index is -4.48. The molecule has 9 heteroatoms. The summed E-state index contributed by atoms with van der Waals surface area (Å²) in [4.78, 5) is 9.35. The molecule has 1 fully saturated rings. The molecule has 4 rings (SSSR count). The van der Waals surface area contributed by atoms with Crippen molar-refractivity contribution in [2.45, 2.75) is 37.9 Å². The third-order valence-corrected chi connectivity index (χ3v) is 5.32. The van der Waals surface area contributed by atoms with E-state index in [9.17, 15) is 13.2 Å². The Morgan fingerprint density at radius 2 is 1.71 bits per heavy atom. The smallest absolute Gasteiger partial charge is 0.416 e. The highest BCUT2D eigenvalue weighted by atomic mass is 19.4. The van der Waals surface area contributed by atoms with Crippen LogP contribution in [0.2, 0.25) is 0 Å². The molecule has 6 nitrogen and oxygen atoms in total. The molecule has 0 radical (unpaired) electrons. The van der Waals surface area contributed by atoms with Crippen LogP contribution in [0.1, 0.15) is 48.7 Å². The zero-order valence-corrected chi connectivity index (χ0v) is 17.4. The van der Waals surface area contributed by atoms with Gasteiger partial charge in [0.25, 0.3) is 0 Å². The lowest BCUT2D eigenvalue weighted by Gasteiger charge is -2.20. The number of hydrogen-bond acceptors (Lipinski definition) is 6. The SMILES string of the molecule is COc1cc2nc(C3CC3)nc(N[C@H](C)c3cc(N)cc(C(F)(F)F)c3)c2cc1OC. The molecule has 1 aliphatic rings. The van der Waals surface area contributed by atoms with Gasteiger partial charge in [0.2, 0.25) is 0 Å². The zero-order chi connectivity index (χ0) is 22.3. The first-order valence-corrected chi connectivity index (χ1v) is 9.87. The lowest BCUT2D eigenvalue weighted by atomic mass is 10.0. The van der Waals surface area contributed by atoms with Crippen molar-refractivity contribution in [2.75, 3.05) is 25.3 Å². The van der Waals surface area contributed by atoms with Crippen LogP contribution in [-0.2, 0) is 6.18 Å². The van der Waals surface area contributed by atoms with Gasteiger partial charge in [-0.1, -0.05) is 0 Å². The molecule has 1 heterocycles. The van der Waals surface area contributed by atoms with Crippen molar-refractivity contribution in [3.05, 3.63) is 47.3 Å². The average molecular weight is 432 g/mol. The Bertz CT molecular complexity index is 1130. The van der Waals surface area contributed by atoms with Crippen LogP contribution in [0.5, 0.6) is 11.5 Å². The van der Waals surface area contributed by atoms with Crippen LogP contribution in [0.4, 0.5) is 24.7 Å². The number of methoxy groups -OCH3 is 2. The molecule has 0 unspecified atom stereocenters. The third kappa shape index (κ3) is 4.30. The number of hydrogen-bond donors (Lipinski definition) is 2. The molecule has 1 atom stereocenters. The molecule has 3 aromatic rings. The molecule has 1 aromatic heterocycles. The topological polar surface area (TPSA) is 82.3 Å². The summed E-state index contributed by atoms with van der Waals surface area (Å²) in [5, 5.41) is 3.94. The maximum absolute atomic E-state index is 13.2. The van der Waals surface area contributed by atoms with Crippen molar-refractivity contribution < 1.29 is 22.6 Å². The lowest BCUT2D eigenvalue weighted by Crippen LogP contribution is -2.13. The molecular formula is C22H23F3N4O2.